The summed E-state index contributed by atoms with van der Waals surface area (Å²) in [5.41, 5.74) is 10.7. The molecule has 6 aromatic heterocycles. The van der Waals surface area contributed by atoms with Crippen LogP contribution >= 0.6 is 0 Å². The van der Waals surface area contributed by atoms with E-state index in [1.165, 1.54) is 0 Å². The Hall–Kier alpha value is -16.4. The summed E-state index contributed by atoms with van der Waals surface area (Å²) in [6.07, 6.45) is 0. The summed E-state index contributed by atoms with van der Waals surface area (Å²) in [4.78, 5) is 109. The maximum atomic E-state index is 10.6. The van der Waals surface area contributed by atoms with Crippen molar-refractivity contribution in [3.63, 3.8) is 0 Å². The van der Waals surface area contributed by atoms with E-state index in [0.717, 1.165) is 44.5 Å². The van der Waals surface area contributed by atoms with Crippen molar-refractivity contribution in [3.8, 4) is 0 Å². The molecule has 0 saturated heterocycles. The van der Waals surface area contributed by atoms with E-state index in [4.69, 9.17) is 89.9 Å². The number of aromatic nitrogens is 6. The molecule has 0 amide bonds. The summed E-state index contributed by atoms with van der Waals surface area (Å²) in [6, 6.07) is 98.1. The molecule has 0 radical (unpaired) electrons. The van der Waals surface area contributed by atoms with Gasteiger partial charge in [0.25, 0.3) is 0 Å². The van der Waals surface area contributed by atoms with Crippen molar-refractivity contribution >= 4 is 213 Å². The van der Waals surface area contributed by atoms with Gasteiger partial charge in [0.1, 0.15) is 67.8 Å². The minimum absolute atomic E-state index is 0.281. The van der Waals surface area contributed by atoms with Crippen LogP contribution < -0.4 is 32.9 Å². The van der Waals surface area contributed by atoms with Crippen molar-refractivity contribution < 1.29 is 16.5 Å². The number of hydrogen-bond acceptors (Lipinski definition) is 22. The van der Waals surface area contributed by atoms with Gasteiger partial charge in [0.2, 0.25) is 0 Å². The van der Waals surface area contributed by atoms with Gasteiger partial charge in [-0.1, -0.05) is 291 Å². The predicted molar refractivity (Wildman–Crippen MR) is 534 cm³/mol. The van der Waals surface area contributed by atoms with Crippen LogP contribution in [0.1, 0.15) is 66.8 Å². The fourth-order valence-corrected chi connectivity index (χ4v) is 42.1. The van der Waals surface area contributed by atoms with Gasteiger partial charge in [-0.25, -0.2) is 89.9 Å². The largest absolute Gasteiger partial charge is 0.590 e. The standard InChI is InChI=1S/C102H66N24O4Si5/c1-131(2,3)127-133(121-91-67-43-19-20-44-68(67)93(121)111-81-57-33-9-10-34-58(57)82(104-81)112-94-70-46-22-21-45-69(70)92(122(94)133)110-80-56-32-8-7-31-55(56)79(103-80)109-91)129-135(125-99-75-51-27-28-52-76(75)101(125)119-89-65-41-17-18-42-66(65)90(108-89)120-102-78-54-30-29-53-77(78)100(126(102)135)118-88-64-40-16-15-39-63(64)87(107-88)117-99)130-134(128-132(4,5)6)123-95-71-47-23-24-48-72(71)97(123)115-85-61-37-13-14-38-62(61)86(106-85)116-98-74-50-26-25-49-73(74)96(124(98)134)114-84-60-36-12-11-35-59(60)83(105-84)113-95/h7-54H,1-6H3/b109-79-,109-91?,110-80?,110-92-,111-81-,111-93?,112-82?,112-94-,113-83-,113-95?,114-84?,114-96-,115-85-,115-97?,116-86?,116-98-,117-87-,117-99?,118-88?,118-100-,119-89-,119-101?,120-90?,120-102-. The molecule has 2 unspecified atom stereocenters. The highest BCUT2D eigenvalue weighted by molar-refractivity contribution is 6.91. The van der Waals surface area contributed by atoms with E-state index in [0.29, 0.717) is 202 Å². The summed E-state index contributed by atoms with van der Waals surface area (Å²) in [5, 5.41) is 7.68. The number of aliphatic imine (C=N–C) groups is 12. The Kier molecular flexibility index (Phi) is 14.8. The lowest BCUT2D eigenvalue weighted by Gasteiger charge is -2.47. The Morgan fingerprint density at radius 1 is 0.163 bits per heavy atom. The van der Waals surface area contributed by atoms with Crippen molar-refractivity contribution in [2.24, 2.45) is 89.9 Å². The molecule has 30 rings (SSSR count). The van der Waals surface area contributed by atoms with Crippen molar-refractivity contribution in [2.45, 2.75) is 39.3 Å². The molecule has 12 aromatic carbocycles. The number of hydrogen-bond donors (Lipinski definition) is 0. The van der Waals surface area contributed by atoms with Crippen molar-refractivity contribution in [3.05, 3.63) is 391 Å². The maximum absolute atomic E-state index is 10.6. The minimum atomic E-state index is -6.51. The van der Waals surface area contributed by atoms with Crippen molar-refractivity contribution in [1.82, 2.24) is 25.4 Å². The molecular formula is C102H66N24O4Si5. The van der Waals surface area contributed by atoms with Gasteiger partial charge in [-0.05, 0) is 39.3 Å². The molecule has 638 valence electrons. The van der Waals surface area contributed by atoms with Crippen LogP contribution in [0.2, 0.25) is 39.3 Å². The average molecular weight is 1830 g/mol. The lowest BCUT2D eigenvalue weighted by atomic mass is 10.1. The minimum Gasteiger partial charge on any atom is -0.404 e. The Balaban J connectivity index is 0.918. The van der Waals surface area contributed by atoms with Crippen LogP contribution in [-0.2, 0) is 16.5 Å². The fourth-order valence-electron chi connectivity index (χ4n) is 21.1. The van der Waals surface area contributed by atoms with E-state index in [1.54, 1.807) is 0 Å². The SMILES string of the molecule is C[Si](C)(C)O[Si]1(O[Si]2(O[Si]3(O[Si](C)(C)C)n4c5c6ccccc6c4/N=C4N=C(/N=c6/c7ccccc7/c(n63)=N/C3=NC(=N\5)/c5ccccc53)c3ccccc3\4)n3c4c5ccccc5c3/N=C3N=C(/N=c5/c6ccccc6/c(n52)=N/C2=NC(=N\4)/c4ccccc42)c2ccccc2\3)n2c3c4ccccc4c2/N=C2N=C(/N=c4/c5ccccc5/c(n41)=N/C1=NC(=N\3)/c3ccccc31)c1ccccc1\2. The molecule has 0 saturated carbocycles. The smallest absolute Gasteiger partial charge is 0.404 e. The van der Waals surface area contributed by atoms with E-state index in [-0.39, 0.29) is 22.6 Å². The Morgan fingerprint density at radius 3 is 0.474 bits per heavy atom. The highest BCUT2D eigenvalue weighted by atomic mass is 28.5. The number of nitrogens with zero attached hydrogens (tertiary/aromatic N) is 24. The second-order valence-electron chi connectivity index (χ2n) is 36.6. The van der Waals surface area contributed by atoms with Crippen LogP contribution in [0.15, 0.2) is 381 Å². The molecule has 12 aliphatic rings. The van der Waals surface area contributed by atoms with Crippen LogP contribution in [0.4, 0.5) is 34.9 Å². The molecule has 135 heavy (non-hydrogen) atoms. The summed E-state index contributed by atoms with van der Waals surface area (Å²) >= 11 is 0. The molecule has 12 aliphatic heterocycles. The first-order chi connectivity index (χ1) is 66.1. The zero-order chi connectivity index (χ0) is 89.2. The van der Waals surface area contributed by atoms with Gasteiger partial charge < -0.3 is 16.5 Å². The Labute approximate surface area is 769 Å². The van der Waals surface area contributed by atoms with E-state index >= 15 is 0 Å². The van der Waals surface area contributed by atoms with Gasteiger partial charge >= 0.3 is 26.7 Å². The Morgan fingerprint density at radius 2 is 0.304 bits per heavy atom. The van der Waals surface area contributed by atoms with E-state index in [9.17, 15) is 16.5 Å². The molecule has 0 aliphatic carbocycles. The van der Waals surface area contributed by atoms with Crippen LogP contribution in [-0.4, -0.2) is 139 Å². The van der Waals surface area contributed by atoms with Crippen LogP contribution in [0.3, 0.4) is 0 Å². The van der Waals surface area contributed by atoms with Gasteiger partial charge in [-0.3, -0.25) is 25.4 Å². The highest BCUT2D eigenvalue weighted by Gasteiger charge is 2.71. The number of rotatable bonds is 8. The van der Waals surface area contributed by atoms with Crippen molar-refractivity contribution in [2.75, 3.05) is 0 Å². The molecule has 0 fully saturated rings. The molecule has 18 bridgehead atoms. The maximum Gasteiger partial charge on any atom is 0.590 e. The lowest BCUT2D eigenvalue weighted by molar-refractivity contribution is 0.228. The monoisotopic (exact) mass is 1830 g/mol. The first kappa shape index (κ1) is 75.3. The molecular weight excluding hydrogens is 1770 g/mol. The highest BCUT2D eigenvalue weighted by Crippen LogP contribution is 2.53. The third kappa shape index (κ3) is 10.3. The first-order valence-electron chi connectivity index (χ1n) is 44.6. The van der Waals surface area contributed by atoms with Crippen LogP contribution in [0, 0.1) is 0 Å². The second-order valence-corrected chi connectivity index (χ2v) is 54.3. The third-order valence-electron chi connectivity index (χ3n) is 26.4. The van der Waals surface area contributed by atoms with Crippen LogP contribution in [0.5, 0.6) is 0 Å². The molecule has 2 atom stereocenters. The molecule has 0 N–H and O–H groups in total. The van der Waals surface area contributed by atoms with E-state index < -0.39 is 43.3 Å². The molecule has 18 heterocycles. The summed E-state index contributed by atoms with van der Waals surface area (Å²) in [7, 11) is -25.8. The molecule has 33 heteroatoms. The summed E-state index contributed by atoms with van der Waals surface area (Å²) in [6.45, 7) is 13.1. The van der Waals surface area contributed by atoms with Crippen LogP contribution in [0.25, 0.3) is 64.6 Å². The Bertz CT molecular complexity index is 8800. The van der Waals surface area contributed by atoms with Gasteiger partial charge in [-0.15, -0.1) is 0 Å². The van der Waals surface area contributed by atoms with E-state index in [1.807, 2.05) is 170 Å². The number of fused-ring (bicyclic) bond motifs is 42. The summed E-state index contributed by atoms with van der Waals surface area (Å²) < 4.78 is 52.8. The van der Waals surface area contributed by atoms with Gasteiger partial charge in [0.15, 0.2) is 86.7 Å². The zero-order valence-corrected chi connectivity index (χ0v) is 77.6. The molecule has 28 nitrogen and oxygen atoms in total. The first-order valence-corrected chi connectivity index (χ1v) is 56.6. The quantitative estimate of drug-likeness (QED) is 0.134. The normalized spacial score (nSPS) is 23.1. The molecule has 0 spiro atoms. The van der Waals surface area contributed by atoms with Crippen molar-refractivity contribution in [1.29, 1.82) is 0 Å². The summed E-state index contributed by atoms with van der Waals surface area (Å²) in [5.74, 6) is 6.24. The zero-order valence-electron chi connectivity index (χ0n) is 72.6. The van der Waals surface area contributed by atoms with Gasteiger partial charge in [-0.2, -0.15) is 0 Å². The third-order valence-corrected chi connectivity index (χ3v) is 43.6. The van der Waals surface area contributed by atoms with E-state index in [2.05, 4.69) is 186 Å². The van der Waals surface area contributed by atoms with Gasteiger partial charge in [0.05, 0.1) is 0 Å². The predicted octanol–water partition coefficient (Wildman–Crippen LogP) is 15.9. The topological polar surface area (TPSA) is 289 Å². The fraction of sp³-hybridized carbons (Fsp3) is 0.0588. The lowest BCUT2D eigenvalue weighted by Crippen LogP contribution is -2.80. The van der Waals surface area contributed by atoms with Gasteiger partial charge in [0, 0.05) is 131 Å². The second kappa shape index (κ2) is 26.5. The number of amidine groups is 12. The molecule has 18 aromatic rings. The average Bonchev–Trinajstić information content (AvgIpc) is 1.49. The number of benzene rings is 12.